The van der Waals surface area contributed by atoms with Crippen LogP contribution in [0.15, 0.2) is 12.3 Å². The van der Waals surface area contributed by atoms with Crippen molar-refractivity contribution >= 4 is 5.82 Å². The van der Waals surface area contributed by atoms with E-state index in [0.29, 0.717) is 5.82 Å². The molecule has 0 fully saturated rings. The number of nitrogens with zero attached hydrogens (tertiary/aromatic N) is 3. The Labute approximate surface area is 81.4 Å². The van der Waals surface area contributed by atoms with Crippen LogP contribution in [0.3, 0.4) is 0 Å². The van der Waals surface area contributed by atoms with Gasteiger partial charge in [-0.3, -0.25) is 5.10 Å². The Balaban J connectivity index is 2.55. The van der Waals surface area contributed by atoms with E-state index in [1.165, 1.54) is 0 Å². The summed E-state index contributed by atoms with van der Waals surface area (Å²) in [7, 11) is 0. The molecule has 0 amide bonds. The molecule has 0 atom stereocenters. The fourth-order valence-electron chi connectivity index (χ4n) is 1.26. The zero-order chi connectivity index (χ0) is 10.1. The Morgan fingerprint density at radius 1 is 1.36 bits per heavy atom. The second-order valence-corrected chi connectivity index (χ2v) is 3.10. The maximum atomic E-state index is 5.63. The molecular formula is C9H11N5. The van der Waals surface area contributed by atoms with Crippen LogP contribution in [0.25, 0.3) is 11.4 Å². The summed E-state index contributed by atoms with van der Waals surface area (Å²) in [4.78, 5) is 8.30. The minimum absolute atomic E-state index is 0.510. The quantitative estimate of drug-likeness (QED) is 0.703. The number of anilines is 1. The number of aromatic nitrogens is 4. The van der Waals surface area contributed by atoms with Crippen molar-refractivity contribution in [3.8, 4) is 11.4 Å². The summed E-state index contributed by atoms with van der Waals surface area (Å²) < 4.78 is 0. The molecule has 0 spiro atoms. The molecule has 2 heterocycles. The molecule has 2 aromatic rings. The van der Waals surface area contributed by atoms with Crippen molar-refractivity contribution in [2.24, 2.45) is 0 Å². The number of nitrogens with one attached hydrogen (secondary N) is 1. The number of H-pyrrole nitrogens is 1. The molecule has 5 nitrogen and oxygen atoms in total. The highest BCUT2D eigenvalue weighted by molar-refractivity contribution is 5.63. The first-order valence-corrected chi connectivity index (χ1v) is 4.29. The SMILES string of the molecule is Cc1nccc(-c2[nH]nc(N)c2C)n1. The van der Waals surface area contributed by atoms with Crippen molar-refractivity contribution in [1.29, 1.82) is 0 Å². The summed E-state index contributed by atoms with van der Waals surface area (Å²) in [6, 6.07) is 1.83. The van der Waals surface area contributed by atoms with Crippen LogP contribution in [-0.2, 0) is 0 Å². The van der Waals surface area contributed by atoms with Crippen molar-refractivity contribution in [3.05, 3.63) is 23.7 Å². The highest BCUT2D eigenvalue weighted by atomic mass is 15.2. The summed E-state index contributed by atoms with van der Waals surface area (Å²) in [5, 5.41) is 6.77. The van der Waals surface area contributed by atoms with Crippen LogP contribution in [0.2, 0.25) is 0 Å². The summed E-state index contributed by atoms with van der Waals surface area (Å²) in [6.45, 7) is 3.75. The number of hydrogen-bond acceptors (Lipinski definition) is 4. The van der Waals surface area contributed by atoms with Crippen LogP contribution >= 0.6 is 0 Å². The molecule has 72 valence electrons. The van der Waals surface area contributed by atoms with Gasteiger partial charge in [-0.05, 0) is 19.9 Å². The van der Waals surface area contributed by atoms with Crippen molar-refractivity contribution in [1.82, 2.24) is 20.2 Å². The monoisotopic (exact) mass is 189 g/mol. The van der Waals surface area contributed by atoms with Gasteiger partial charge >= 0.3 is 0 Å². The molecule has 14 heavy (non-hydrogen) atoms. The molecule has 0 aliphatic rings. The van der Waals surface area contributed by atoms with Gasteiger partial charge in [-0.25, -0.2) is 9.97 Å². The third-order valence-electron chi connectivity index (χ3n) is 2.08. The second-order valence-electron chi connectivity index (χ2n) is 3.10. The van der Waals surface area contributed by atoms with Gasteiger partial charge in [-0.1, -0.05) is 0 Å². The highest BCUT2D eigenvalue weighted by Crippen LogP contribution is 2.21. The van der Waals surface area contributed by atoms with Gasteiger partial charge in [0.1, 0.15) is 11.6 Å². The third kappa shape index (κ3) is 1.32. The molecular weight excluding hydrogens is 178 g/mol. The fourth-order valence-corrected chi connectivity index (χ4v) is 1.26. The number of hydrogen-bond donors (Lipinski definition) is 2. The lowest BCUT2D eigenvalue weighted by Crippen LogP contribution is -1.91. The number of nitrogens with two attached hydrogens (primary N) is 1. The van der Waals surface area contributed by atoms with Crippen molar-refractivity contribution < 1.29 is 0 Å². The van der Waals surface area contributed by atoms with E-state index in [0.717, 1.165) is 22.8 Å². The number of aromatic amines is 1. The van der Waals surface area contributed by atoms with Crippen LogP contribution in [0.5, 0.6) is 0 Å². The van der Waals surface area contributed by atoms with Gasteiger partial charge in [0.05, 0.1) is 11.4 Å². The van der Waals surface area contributed by atoms with E-state index < -0.39 is 0 Å². The van der Waals surface area contributed by atoms with Crippen LogP contribution in [0.1, 0.15) is 11.4 Å². The largest absolute Gasteiger partial charge is 0.382 e. The van der Waals surface area contributed by atoms with Crippen molar-refractivity contribution in [2.75, 3.05) is 5.73 Å². The molecule has 0 aliphatic carbocycles. The van der Waals surface area contributed by atoms with E-state index in [4.69, 9.17) is 5.73 Å². The van der Waals surface area contributed by atoms with Crippen LogP contribution in [-0.4, -0.2) is 20.2 Å². The lowest BCUT2D eigenvalue weighted by Gasteiger charge is -1.98. The molecule has 0 bridgehead atoms. The average Bonchev–Trinajstić information content (AvgIpc) is 2.48. The molecule has 0 radical (unpaired) electrons. The van der Waals surface area contributed by atoms with Gasteiger partial charge in [0.25, 0.3) is 0 Å². The number of rotatable bonds is 1. The van der Waals surface area contributed by atoms with E-state index in [1.54, 1.807) is 6.20 Å². The minimum Gasteiger partial charge on any atom is -0.382 e. The van der Waals surface area contributed by atoms with Gasteiger partial charge in [-0.2, -0.15) is 5.10 Å². The minimum atomic E-state index is 0.510. The summed E-state index contributed by atoms with van der Waals surface area (Å²) in [5.41, 5.74) is 8.22. The topological polar surface area (TPSA) is 80.5 Å². The maximum Gasteiger partial charge on any atom is 0.148 e. The molecule has 0 saturated heterocycles. The Kier molecular flexibility index (Phi) is 1.92. The molecule has 0 saturated carbocycles. The average molecular weight is 189 g/mol. The summed E-state index contributed by atoms with van der Waals surface area (Å²) in [6.07, 6.45) is 1.72. The number of nitrogen functional groups attached to an aromatic ring is 1. The summed E-state index contributed by atoms with van der Waals surface area (Å²) in [5.74, 6) is 1.24. The first kappa shape index (κ1) is 8.68. The molecule has 0 unspecified atom stereocenters. The van der Waals surface area contributed by atoms with Crippen LogP contribution < -0.4 is 5.73 Å². The van der Waals surface area contributed by atoms with Crippen molar-refractivity contribution in [3.63, 3.8) is 0 Å². The normalized spacial score (nSPS) is 10.4. The van der Waals surface area contributed by atoms with Gasteiger partial charge in [-0.15, -0.1) is 0 Å². The van der Waals surface area contributed by atoms with Gasteiger partial charge in [0.15, 0.2) is 0 Å². The van der Waals surface area contributed by atoms with Crippen molar-refractivity contribution in [2.45, 2.75) is 13.8 Å². The van der Waals surface area contributed by atoms with E-state index in [1.807, 2.05) is 19.9 Å². The zero-order valence-corrected chi connectivity index (χ0v) is 8.07. The highest BCUT2D eigenvalue weighted by Gasteiger charge is 2.09. The summed E-state index contributed by atoms with van der Waals surface area (Å²) >= 11 is 0. The third-order valence-corrected chi connectivity index (χ3v) is 2.08. The fraction of sp³-hybridized carbons (Fsp3) is 0.222. The molecule has 5 heteroatoms. The van der Waals surface area contributed by atoms with Crippen LogP contribution in [0, 0.1) is 13.8 Å². The Bertz CT molecular complexity index is 460. The smallest absolute Gasteiger partial charge is 0.148 e. The van der Waals surface area contributed by atoms with Gasteiger partial charge < -0.3 is 5.73 Å². The van der Waals surface area contributed by atoms with E-state index in [-0.39, 0.29) is 0 Å². The van der Waals surface area contributed by atoms with E-state index >= 15 is 0 Å². The number of aryl methyl sites for hydroxylation is 1. The zero-order valence-electron chi connectivity index (χ0n) is 8.07. The van der Waals surface area contributed by atoms with Crippen LogP contribution in [0.4, 0.5) is 5.82 Å². The lowest BCUT2D eigenvalue weighted by molar-refractivity contribution is 1.03. The molecule has 2 rings (SSSR count). The molecule has 0 aliphatic heterocycles. The van der Waals surface area contributed by atoms with Gasteiger partial charge in [0.2, 0.25) is 0 Å². The molecule has 0 aromatic carbocycles. The second kappa shape index (κ2) is 3.10. The van der Waals surface area contributed by atoms with E-state index in [2.05, 4.69) is 20.2 Å². The standard InChI is InChI=1S/C9H11N5/c1-5-8(13-14-9(5)10)7-3-4-11-6(2)12-7/h3-4H,1-2H3,(H3,10,13,14). The maximum absolute atomic E-state index is 5.63. The Morgan fingerprint density at radius 2 is 2.14 bits per heavy atom. The first-order chi connectivity index (χ1) is 6.68. The van der Waals surface area contributed by atoms with Gasteiger partial charge in [0, 0.05) is 11.8 Å². The molecule has 2 aromatic heterocycles. The lowest BCUT2D eigenvalue weighted by atomic mass is 10.2. The Morgan fingerprint density at radius 3 is 2.71 bits per heavy atom. The predicted molar refractivity (Wildman–Crippen MR) is 53.5 cm³/mol. The predicted octanol–water partition coefficient (Wildman–Crippen LogP) is 1.07. The Hall–Kier alpha value is -1.91. The first-order valence-electron chi connectivity index (χ1n) is 4.29. The van der Waals surface area contributed by atoms with E-state index in [9.17, 15) is 0 Å². The molecule has 3 N–H and O–H groups in total.